The SMILES string of the molecule is Cc1c(C(=O)N(C)CC(O)C2CC2)nnn1-c1cccc(Cl)c1. The average molecular weight is 335 g/mol. The summed E-state index contributed by atoms with van der Waals surface area (Å²) >= 11 is 6.00. The summed E-state index contributed by atoms with van der Waals surface area (Å²) < 4.78 is 1.59. The lowest BCUT2D eigenvalue weighted by molar-refractivity contribution is 0.0639. The van der Waals surface area contributed by atoms with Gasteiger partial charge in [-0.2, -0.15) is 0 Å². The molecule has 1 fully saturated rings. The largest absolute Gasteiger partial charge is 0.391 e. The molecule has 1 unspecified atom stereocenters. The van der Waals surface area contributed by atoms with Crippen molar-refractivity contribution < 1.29 is 9.90 Å². The topological polar surface area (TPSA) is 71.2 Å². The predicted molar refractivity (Wildman–Crippen MR) is 86.8 cm³/mol. The Bertz CT molecular complexity index is 727. The van der Waals surface area contributed by atoms with Crippen LogP contribution in [-0.4, -0.2) is 50.6 Å². The zero-order valence-electron chi connectivity index (χ0n) is 13.1. The van der Waals surface area contributed by atoms with E-state index in [0.29, 0.717) is 23.2 Å². The first-order valence-corrected chi connectivity index (χ1v) is 7.97. The first kappa shape index (κ1) is 16.0. The molecule has 2 aromatic rings. The summed E-state index contributed by atoms with van der Waals surface area (Å²) in [6.07, 6.45) is 1.60. The fourth-order valence-corrected chi connectivity index (χ4v) is 2.74. The first-order valence-electron chi connectivity index (χ1n) is 7.59. The molecule has 3 rings (SSSR count). The average Bonchev–Trinajstić information content (AvgIpc) is 3.30. The van der Waals surface area contributed by atoms with Crippen LogP contribution in [0.1, 0.15) is 29.0 Å². The summed E-state index contributed by atoms with van der Waals surface area (Å²) in [4.78, 5) is 14.0. The van der Waals surface area contributed by atoms with Crippen LogP contribution in [0.2, 0.25) is 5.02 Å². The van der Waals surface area contributed by atoms with E-state index in [9.17, 15) is 9.90 Å². The molecule has 1 aromatic heterocycles. The van der Waals surface area contributed by atoms with Crippen LogP contribution in [0.5, 0.6) is 0 Å². The molecule has 1 aromatic carbocycles. The molecule has 122 valence electrons. The van der Waals surface area contributed by atoms with E-state index in [4.69, 9.17) is 11.6 Å². The van der Waals surface area contributed by atoms with Crippen molar-refractivity contribution in [1.82, 2.24) is 19.9 Å². The molecular weight excluding hydrogens is 316 g/mol. The number of aromatic nitrogens is 3. The van der Waals surface area contributed by atoms with Gasteiger partial charge < -0.3 is 10.0 Å². The van der Waals surface area contributed by atoms with Crippen molar-refractivity contribution in [2.24, 2.45) is 5.92 Å². The van der Waals surface area contributed by atoms with E-state index in [0.717, 1.165) is 18.5 Å². The van der Waals surface area contributed by atoms with Crippen LogP contribution in [0.15, 0.2) is 24.3 Å². The highest BCUT2D eigenvalue weighted by molar-refractivity contribution is 6.30. The highest BCUT2D eigenvalue weighted by Crippen LogP contribution is 2.32. The molecule has 1 atom stereocenters. The molecule has 1 aliphatic rings. The minimum absolute atomic E-state index is 0.240. The van der Waals surface area contributed by atoms with Crippen molar-refractivity contribution in [2.75, 3.05) is 13.6 Å². The van der Waals surface area contributed by atoms with Crippen molar-refractivity contribution in [3.05, 3.63) is 40.7 Å². The molecule has 7 heteroatoms. The zero-order valence-corrected chi connectivity index (χ0v) is 13.9. The number of amides is 1. The molecule has 1 aliphatic carbocycles. The molecule has 23 heavy (non-hydrogen) atoms. The number of carbonyl (C=O) groups excluding carboxylic acids is 1. The van der Waals surface area contributed by atoms with Crippen LogP contribution >= 0.6 is 11.6 Å². The monoisotopic (exact) mass is 334 g/mol. The number of aliphatic hydroxyl groups excluding tert-OH is 1. The van der Waals surface area contributed by atoms with Crippen LogP contribution in [0.4, 0.5) is 0 Å². The van der Waals surface area contributed by atoms with Gasteiger partial charge in [0.1, 0.15) is 0 Å². The van der Waals surface area contributed by atoms with Gasteiger partial charge in [0.25, 0.3) is 5.91 Å². The van der Waals surface area contributed by atoms with Crippen LogP contribution < -0.4 is 0 Å². The summed E-state index contributed by atoms with van der Waals surface area (Å²) in [5, 5.41) is 18.6. The van der Waals surface area contributed by atoms with Gasteiger partial charge in [-0.05, 0) is 43.9 Å². The maximum Gasteiger partial charge on any atom is 0.276 e. The van der Waals surface area contributed by atoms with Gasteiger partial charge in [0.15, 0.2) is 5.69 Å². The predicted octanol–water partition coefficient (Wildman–Crippen LogP) is 2.07. The van der Waals surface area contributed by atoms with E-state index in [2.05, 4.69) is 10.3 Å². The highest BCUT2D eigenvalue weighted by atomic mass is 35.5. The van der Waals surface area contributed by atoms with Gasteiger partial charge in [0.2, 0.25) is 0 Å². The Balaban J connectivity index is 1.79. The number of benzene rings is 1. The number of aliphatic hydroxyl groups is 1. The lowest BCUT2D eigenvalue weighted by Gasteiger charge is -2.19. The molecule has 0 aliphatic heterocycles. The van der Waals surface area contributed by atoms with Crippen LogP contribution in [0, 0.1) is 12.8 Å². The Kier molecular flexibility index (Phi) is 4.37. The number of halogens is 1. The summed E-state index contributed by atoms with van der Waals surface area (Å²) in [7, 11) is 1.67. The van der Waals surface area contributed by atoms with Crippen LogP contribution in [0.25, 0.3) is 5.69 Å². The third-order valence-corrected chi connectivity index (χ3v) is 4.36. The Morgan fingerprint density at radius 2 is 2.26 bits per heavy atom. The molecule has 1 heterocycles. The quantitative estimate of drug-likeness (QED) is 0.908. The number of hydrogen-bond donors (Lipinski definition) is 1. The van der Waals surface area contributed by atoms with E-state index < -0.39 is 6.10 Å². The standard InChI is InChI=1S/C16H19ClN4O2/c1-10-15(16(23)20(2)9-14(22)11-6-7-11)18-19-21(10)13-5-3-4-12(17)8-13/h3-5,8,11,14,22H,6-7,9H2,1-2H3. The van der Waals surface area contributed by atoms with Crippen molar-refractivity contribution in [3.63, 3.8) is 0 Å². The Hall–Kier alpha value is -1.92. The number of likely N-dealkylation sites (N-methyl/N-ethyl adjacent to an activating group) is 1. The van der Waals surface area contributed by atoms with Gasteiger partial charge in [-0.3, -0.25) is 4.79 Å². The van der Waals surface area contributed by atoms with Gasteiger partial charge >= 0.3 is 0 Å². The molecule has 0 spiro atoms. The molecule has 0 radical (unpaired) electrons. The van der Waals surface area contributed by atoms with E-state index >= 15 is 0 Å². The number of carbonyl (C=O) groups is 1. The normalized spacial score (nSPS) is 15.5. The molecule has 1 saturated carbocycles. The van der Waals surface area contributed by atoms with Gasteiger partial charge in [-0.25, -0.2) is 4.68 Å². The Labute approximate surface area is 139 Å². The van der Waals surface area contributed by atoms with Crippen molar-refractivity contribution >= 4 is 17.5 Å². The van der Waals surface area contributed by atoms with Gasteiger partial charge in [0.05, 0.1) is 17.5 Å². The molecule has 1 N–H and O–H groups in total. The van der Waals surface area contributed by atoms with E-state index in [-0.39, 0.29) is 11.6 Å². The fourth-order valence-electron chi connectivity index (χ4n) is 2.55. The zero-order chi connectivity index (χ0) is 16.6. The summed E-state index contributed by atoms with van der Waals surface area (Å²) in [5.41, 5.74) is 1.68. The lowest BCUT2D eigenvalue weighted by atomic mass is 10.2. The number of nitrogens with zero attached hydrogens (tertiary/aromatic N) is 4. The molecular formula is C16H19ClN4O2. The third-order valence-electron chi connectivity index (χ3n) is 4.12. The van der Waals surface area contributed by atoms with E-state index in [1.165, 1.54) is 4.90 Å². The maximum absolute atomic E-state index is 12.5. The second-order valence-corrected chi connectivity index (χ2v) is 6.44. The molecule has 1 amide bonds. The molecule has 0 saturated heterocycles. The summed E-state index contributed by atoms with van der Waals surface area (Å²) in [5.74, 6) is 0.0870. The molecule has 6 nitrogen and oxygen atoms in total. The maximum atomic E-state index is 12.5. The van der Waals surface area contributed by atoms with E-state index in [1.54, 1.807) is 30.8 Å². The Morgan fingerprint density at radius 3 is 2.91 bits per heavy atom. The van der Waals surface area contributed by atoms with Gasteiger partial charge in [0, 0.05) is 18.6 Å². The first-order chi connectivity index (χ1) is 11.0. The number of rotatable bonds is 5. The third kappa shape index (κ3) is 3.38. The van der Waals surface area contributed by atoms with Gasteiger partial charge in [-0.15, -0.1) is 5.10 Å². The summed E-state index contributed by atoms with van der Waals surface area (Å²) in [6, 6.07) is 7.20. The highest BCUT2D eigenvalue weighted by Gasteiger charge is 2.32. The van der Waals surface area contributed by atoms with Crippen LogP contribution in [0.3, 0.4) is 0 Å². The van der Waals surface area contributed by atoms with Crippen LogP contribution in [-0.2, 0) is 0 Å². The number of hydrogen-bond acceptors (Lipinski definition) is 4. The molecule has 0 bridgehead atoms. The Morgan fingerprint density at radius 1 is 1.52 bits per heavy atom. The lowest BCUT2D eigenvalue weighted by Crippen LogP contribution is -2.35. The second kappa shape index (κ2) is 6.29. The van der Waals surface area contributed by atoms with Gasteiger partial charge in [-0.1, -0.05) is 22.9 Å². The minimum atomic E-state index is -0.466. The smallest absolute Gasteiger partial charge is 0.276 e. The van der Waals surface area contributed by atoms with Crippen molar-refractivity contribution in [3.8, 4) is 5.69 Å². The van der Waals surface area contributed by atoms with Crippen molar-refractivity contribution in [1.29, 1.82) is 0 Å². The van der Waals surface area contributed by atoms with Crippen molar-refractivity contribution in [2.45, 2.75) is 25.9 Å². The van der Waals surface area contributed by atoms with E-state index in [1.807, 2.05) is 12.1 Å². The minimum Gasteiger partial charge on any atom is -0.391 e. The summed E-state index contributed by atoms with van der Waals surface area (Å²) in [6.45, 7) is 2.10. The fraction of sp³-hybridized carbons (Fsp3) is 0.438. The second-order valence-electron chi connectivity index (χ2n) is 6.01.